The van der Waals surface area contributed by atoms with E-state index in [1.807, 2.05) is 6.07 Å². The monoisotopic (exact) mass is 385 g/mol. The fourth-order valence-corrected chi connectivity index (χ4v) is 2.89. The van der Waals surface area contributed by atoms with Crippen molar-refractivity contribution in [1.29, 1.82) is 5.26 Å². The Labute approximate surface area is 169 Å². The number of carboxylic acid groups (broad SMARTS) is 1. The van der Waals surface area contributed by atoms with Crippen LogP contribution in [0.15, 0.2) is 36.5 Å². The van der Waals surface area contributed by atoms with Crippen molar-refractivity contribution in [3.05, 3.63) is 65.5 Å². The summed E-state index contributed by atoms with van der Waals surface area (Å²) in [6.07, 6.45) is 4.55. The minimum absolute atomic E-state index is 0.0293. The molecule has 6 heteroatoms. The number of hydrogen-bond donors (Lipinski definition) is 1. The number of methoxy groups -OCH3 is 1. The molecule has 2 aromatic carbocycles. The van der Waals surface area contributed by atoms with Crippen LogP contribution in [0, 0.1) is 23.5 Å². The van der Waals surface area contributed by atoms with Gasteiger partial charge in [0.1, 0.15) is 23.1 Å². The molecule has 0 radical (unpaired) electrons. The second-order valence-electron chi connectivity index (χ2n) is 6.40. The topological polar surface area (TPSA) is 96.1 Å². The van der Waals surface area contributed by atoms with Crippen molar-refractivity contribution in [3.63, 3.8) is 0 Å². The van der Waals surface area contributed by atoms with Gasteiger partial charge in [-0.3, -0.25) is 4.98 Å². The maximum atomic E-state index is 11.1. The molecule has 0 aliphatic heterocycles. The molecule has 144 valence electrons. The number of carboxylic acids is 1. The van der Waals surface area contributed by atoms with Gasteiger partial charge in [-0.1, -0.05) is 25.5 Å². The number of aromatic carboxylic acids is 1. The van der Waals surface area contributed by atoms with Crippen LogP contribution in [-0.4, -0.2) is 28.2 Å². The fraction of sp³-hybridized carbons (Fsp3) is 0.217. The number of carbonyl (C=O) groups is 1. The van der Waals surface area contributed by atoms with Gasteiger partial charge in [-0.25, -0.2) is 9.78 Å². The molecule has 1 heterocycles. The van der Waals surface area contributed by atoms with Crippen LogP contribution in [0.3, 0.4) is 0 Å². The Hall–Kier alpha value is -3.90. The molecule has 0 fully saturated rings. The number of hydrogen-bond acceptors (Lipinski definition) is 5. The van der Waals surface area contributed by atoms with E-state index in [4.69, 9.17) is 14.8 Å². The Bertz CT molecular complexity index is 1070. The summed E-state index contributed by atoms with van der Waals surface area (Å²) < 4.78 is 5.22. The van der Waals surface area contributed by atoms with Crippen LogP contribution in [-0.2, 0) is 6.42 Å². The molecule has 0 atom stereocenters. The standard InChI is InChI=1S/C23H19N3O3/c1-3-4-5-19-14-25-21(17-10-11-20(29-2)18(12-17)13-24)22(26-19)15-6-8-16(9-7-15)23(27)28/h6,8,10-12,14H,3-5H2,1-2H3,(H,27,28). The lowest BCUT2D eigenvalue weighted by Gasteiger charge is -2.11. The molecule has 0 saturated carbocycles. The third kappa shape index (κ3) is 4.34. The Balaban J connectivity index is 2.14. The zero-order valence-electron chi connectivity index (χ0n) is 16.2. The highest BCUT2D eigenvalue weighted by molar-refractivity contribution is 5.87. The van der Waals surface area contributed by atoms with Crippen LogP contribution in [0.5, 0.6) is 5.75 Å². The SMILES string of the molecule is CCCCc1cnc(-c2ccc(OC)c(C#N)c2)c(-c2c#cc(C(=O)O)cc2)n1. The van der Waals surface area contributed by atoms with Gasteiger partial charge in [-0.15, -0.1) is 0 Å². The Kier molecular flexibility index (Phi) is 6.06. The molecule has 0 amide bonds. The van der Waals surface area contributed by atoms with Crippen molar-refractivity contribution in [2.45, 2.75) is 26.2 Å². The molecule has 1 aromatic heterocycles. The summed E-state index contributed by atoms with van der Waals surface area (Å²) >= 11 is 0. The third-order valence-electron chi connectivity index (χ3n) is 4.44. The van der Waals surface area contributed by atoms with Crippen molar-refractivity contribution >= 4 is 5.97 Å². The van der Waals surface area contributed by atoms with E-state index < -0.39 is 5.97 Å². The minimum atomic E-state index is -1.07. The zero-order chi connectivity index (χ0) is 20.8. The van der Waals surface area contributed by atoms with Crippen molar-refractivity contribution in [2.75, 3.05) is 7.11 Å². The molecule has 3 rings (SSSR count). The van der Waals surface area contributed by atoms with Crippen molar-refractivity contribution in [3.8, 4) is 34.3 Å². The van der Waals surface area contributed by atoms with Crippen LogP contribution < -0.4 is 4.74 Å². The summed E-state index contributed by atoms with van der Waals surface area (Å²) in [5.41, 5.74) is 3.72. The highest BCUT2D eigenvalue weighted by Gasteiger charge is 2.15. The molecule has 0 aliphatic rings. The van der Waals surface area contributed by atoms with E-state index in [1.165, 1.54) is 13.2 Å². The number of nitrogens with zero attached hydrogens (tertiary/aromatic N) is 3. The van der Waals surface area contributed by atoms with E-state index in [0.717, 1.165) is 25.0 Å². The lowest BCUT2D eigenvalue weighted by Crippen LogP contribution is -2.00. The maximum absolute atomic E-state index is 11.1. The molecular weight excluding hydrogens is 366 g/mol. The van der Waals surface area contributed by atoms with Crippen LogP contribution in [0.4, 0.5) is 0 Å². The number of unbranched alkanes of at least 4 members (excludes halogenated alkanes) is 1. The number of nitriles is 1. The molecule has 0 spiro atoms. The summed E-state index contributed by atoms with van der Waals surface area (Å²) in [5.74, 6) is -0.583. The molecular formula is C23H19N3O3. The van der Waals surface area contributed by atoms with E-state index in [-0.39, 0.29) is 5.56 Å². The molecule has 0 aliphatic carbocycles. The van der Waals surface area contributed by atoms with E-state index in [1.54, 1.807) is 24.4 Å². The van der Waals surface area contributed by atoms with Gasteiger partial charge in [0.25, 0.3) is 0 Å². The predicted octanol–water partition coefficient (Wildman–Crippen LogP) is 4.33. The third-order valence-corrected chi connectivity index (χ3v) is 4.44. The van der Waals surface area contributed by atoms with E-state index in [9.17, 15) is 10.1 Å². The molecule has 3 aromatic rings. The summed E-state index contributed by atoms with van der Waals surface area (Å²) in [6.45, 7) is 2.11. The highest BCUT2D eigenvalue weighted by atomic mass is 16.5. The smallest absolute Gasteiger partial charge is 0.344 e. The van der Waals surface area contributed by atoms with Gasteiger partial charge in [0.05, 0.1) is 29.6 Å². The quantitative estimate of drug-likeness (QED) is 0.650. The first-order chi connectivity index (χ1) is 14.1. The van der Waals surface area contributed by atoms with E-state index >= 15 is 0 Å². The van der Waals surface area contributed by atoms with Crippen LogP contribution in [0.2, 0.25) is 0 Å². The van der Waals surface area contributed by atoms with Gasteiger partial charge in [-0.2, -0.15) is 5.26 Å². The van der Waals surface area contributed by atoms with Gasteiger partial charge >= 0.3 is 5.97 Å². The first-order valence-corrected chi connectivity index (χ1v) is 9.19. The summed E-state index contributed by atoms with van der Waals surface area (Å²) in [5, 5.41) is 18.5. The van der Waals surface area contributed by atoms with Gasteiger partial charge < -0.3 is 9.84 Å². The van der Waals surface area contributed by atoms with Crippen molar-refractivity contribution in [2.24, 2.45) is 0 Å². The average Bonchev–Trinajstić information content (AvgIpc) is 2.77. The van der Waals surface area contributed by atoms with E-state index in [2.05, 4.69) is 30.1 Å². The second-order valence-corrected chi connectivity index (χ2v) is 6.40. The number of ether oxygens (including phenoxy) is 1. The molecule has 1 N–H and O–H groups in total. The van der Waals surface area contributed by atoms with Crippen LogP contribution >= 0.6 is 0 Å². The van der Waals surface area contributed by atoms with E-state index in [0.29, 0.717) is 33.8 Å². The summed E-state index contributed by atoms with van der Waals surface area (Å²) in [6, 6.07) is 16.0. The van der Waals surface area contributed by atoms with Gasteiger partial charge in [0, 0.05) is 11.8 Å². The first kappa shape index (κ1) is 19.9. The lowest BCUT2D eigenvalue weighted by molar-refractivity contribution is 0.0697. The molecule has 29 heavy (non-hydrogen) atoms. The molecule has 0 saturated heterocycles. The normalized spacial score (nSPS) is 10.1. The number of aromatic nitrogens is 2. The zero-order valence-corrected chi connectivity index (χ0v) is 16.2. The maximum Gasteiger partial charge on any atom is 0.344 e. The van der Waals surface area contributed by atoms with Crippen LogP contribution in [0.1, 0.15) is 41.4 Å². The summed E-state index contributed by atoms with van der Waals surface area (Å²) in [7, 11) is 1.51. The highest BCUT2D eigenvalue weighted by Crippen LogP contribution is 2.31. The van der Waals surface area contributed by atoms with Gasteiger partial charge in [0.2, 0.25) is 0 Å². The van der Waals surface area contributed by atoms with Crippen molar-refractivity contribution < 1.29 is 14.6 Å². The first-order valence-electron chi connectivity index (χ1n) is 9.19. The number of rotatable bonds is 7. The van der Waals surface area contributed by atoms with Gasteiger partial charge in [-0.05, 0) is 43.2 Å². The minimum Gasteiger partial charge on any atom is -0.495 e. The van der Waals surface area contributed by atoms with Gasteiger partial charge in [0.15, 0.2) is 0 Å². The fourth-order valence-electron chi connectivity index (χ4n) is 2.89. The summed E-state index contributed by atoms with van der Waals surface area (Å²) in [4.78, 5) is 20.5. The largest absolute Gasteiger partial charge is 0.495 e. The predicted molar refractivity (Wildman–Crippen MR) is 107 cm³/mol. The molecule has 6 nitrogen and oxygen atoms in total. The molecule has 0 bridgehead atoms. The Morgan fingerprint density at radius 2 is 2.07 bits per heavy atom. The second kappa shape index (κ2) is 8.86. The Morgan fingerprint density at radius 3 is 2.69 bits per heavy atom. The number of aryl methyl sites for hydroxylation is 1. The average molecular weight is 385 g/mol. The van der Waals surface area contributed by atoms with Crippen molar-refractivity contribution in [1.82, 2.24) is 9.97 Å². The Morgan fingerprint density at radius 1 is 1.24 bits per heavy atom. The molecule has 0 unspecified atom stereocenters. The number of benzene rings is 1. The van der Waals surface area contributed by atoms with Crippen LogP contribution in [0.25, 0.3) is 22.5 Å². The lowest BCUT2D eigenvalue weighted by atomic mass is 10.0.